The molecule has 116 valence electrons. The van der Waals surface area contributed by atoms with Crippen molar-refractivity contribution in [1.29, 1.82) is 0 Å². The van der Waals surface area contributed by atoms with Gasteiger partial charge in [-0.25, -0.2) is 0 Å². The molecule has 0 saturated heterocycles. The van der Waals surface area contributed by atoms with E-state index in [1.807, 2.05) is 54.6 Å². The second-order valence-electron chi connectivity index (χ2n) is 5.95. The molecular weight excluding hydrogens is 288 g/mol. The molecule has 1 aliphatic rings. The Kier molecular flexibility index (Phi) is 3.34. The van der Waals surface area contributed by atoms with Crippen LogP contribution in [-0.2, 0) is 6.42 Å². The molecule has 3 aromatic rings. The number of benzene rings is 3. The fourth-order valence-corrected chi connectivity index (χ4v) is 3.46. The number of phenolic OH excluding ortho intramolecular Hbond substituents is 2. The Hall–Kier alpha value is -2.68. The molecule has 0 aliphatic heterocycles. The standard InChI is InChI=1S/C20H18O3/c21-19-14-9-4-5-10-15(14)20(22)18-16(19)11-6-12-17(18)23-13-7-2-1-3-8-13/h1-5,7-10,17,21-22H,6,11-12H2. The lowest BCUT2D eigenvalue weighted by Gasteiger charge is -2.28. The molecule has 0 amide bonds. The summed E-state index contributed by atoms with van der Waals surface area (Å²) in [7, 11) is 0. The zero-order valence-corrected chi connectivity index (χ0v) is 12.7. The van der Waals surface area contributed by atoms with Crippen molar-refractivity contribution in [2.75, 3.05) is 0 Å². The highest BCUT2D eigenvalue weighted by Gasteiger charge is 2.29. The van der Waals surface area contributed by atoms with E-state index in [0.717, 1.165) is 36.1 Å². The maximum Gasteiger partial charge on any atom is 0.130 e. The molecule has 3 heteroatoms. The normalized spacial score (nSPS) is 17.0. The first kappa shape index (κ1) is 13.9. The number of ether oxygens (including phenoxy) is 1. The van der Waals surface area contributed by atoms with E-state index in [2.05, 4.69) is 0 Å². The van der Waals surface area contributed by atoms with Crippen molar-refractivity contribution in [1.82, 2.24) is 0 Å². The molecule has 1 unspecified atom stereocenters. The van der Waals surface area contributed by atoms with Crippen LogP contribution in [-0.4, -0.2) is 10.2 Å². The first-order valence-electron chi connectivity index (χ1n) is 7.93. The Bertz CT molecular complexity index is 856. The fourth-order valence-electron chi connectivity index (χ4n) is 3.46. The van der Waals surface area contributed by atoms with Gasteiger partial charge in [-0.15, -0.1) is 0 Å². The summed E-state index contributed by atoms with van der Waals surface area (Å²) in [5.74, 6) is 1.28. The van der Waals surface area contributed by atoms with Crippen LogP contribution >= 0.6 is 0 Å². The second-order valence-corrected chi connectivity index (χ2v) is 5.95. The number of rotatable bonds is 2. The van der Waals surface area contributed by atoms with Gasteiger partial charge in [0.05, 0.1) is 0 Å². The van der Waals surface area contributed by atoms with Crippen molar-refractivity contribution in [3.8, 4) is 17.2 Å². The van der Waals surface area contributed by atoms with Gasteiger partial charge in [0.15, 0.2) is 0 Å². The Morgan fingerprint density at radius 1 is 0.826 bits per heavy atom. The number of aromatic hydroxyl groups is 2. The molecule has 0 bridgehead atoms. The predicted molar refractivity (Wildman–Crippen MR) is 90.0 cm³/mol. The summed E-state index contributed by atoms with van der Waals surface area (Å²) in [6.45, 7) is 0. The Labute approximate surface area is 134 Å². The topological polar surface area (TPSA) is 49.7 Å². The lowest BCUT2D eigenvalue weighted by molar-refractivity contribution is 0.178. The highest BCUT2D eigenvalue weighted by Crippen LogP contribution is 2.47. The fraction of sp³-hybridized carbons (Fsp3) is 0.200. The van der Waals surface area contributed by atoms with Crippen LogP contribution in [0.4, 0.5) is 0 Å². The third kappa shape index (κ3) is 2.29. The molecule has 3 aromatic carbocycles. The quantitative estimate of drug-likeness (QED) is 0.674. The second kappa shape index (κ2) is 5.51. The van der Waals surface area contributed by atoms with E-state index >= 15 is 0 Å². The molecule has 0 fully saturated rings. The molecular formula is C20H18O3. The predicted octanol–water partition coefficient (Wildman–Crippen LogP) is 4.71. The number of phenols is 2. The van der Waals surface area contributed by atoms with Crippen LogP contribution in [0.1, 0.15) is 30.1 Å². The van der Waals surface area contributed by atoms with Gasteiger partial charge in [0.2, 0.25) is 0 Å². The van der Waals surface area contributed by atoms with Crippen molar-refractivity contribution in [3.05, 3.63) is 65.7 Å². The summed E-state index contributed by atoms with van der Waals surface area (Å²) in [5.41, 5.74) is 1.55. The summed E-state index contributed by atoms with van der Waals surface area (Å²) in [6.07, 6.45) is 2.27. The minimum atomic E-state index is -0.239. The SMILES string of the molecule is Oc1c2c(c(O)c3ccccc13)C(Oc1ccccc1)CCC2. The number of fused-ring (bicyclic) bond motifs is 2. The molecule has 0 spiro atoms. The third-order valence-electron chi connectivity index (χ3n) is 4.54. The van der Waals surface area contributed by atoms with Crippen LogP contribution in [0.3, 0.4) is 0 Å². The van der Waals surface area contributed by atoms with Gasteiger partial charge < -0.3 is 14.9 Å². The van der Waals surface area contributed by atoms with Crippen LogP contribution < -0.4 is 4.74 Å². The van der Waals surface area contributed by atoms with Crippen molar-refractivity contribution < 1.29 is 14.9 Å². The van der Waals surface area contributed by atoms with Crippen LogP contribution in [0, 0.1) is 0 Å². The van der Waals surface area contributed by atoms with Crippen LogP contribution in [0.5, 0.6) is 17.2 Å². The summed E-state index contributed by atoms with van der Waals surface area (Å²) in [5, 5.41) is 22.8. The van der Waals surface area contributed by atoms with Crippen molar-refractivity contribution >= 4 is 10.8 Å². The summed E-state index contributed by atoms with van der Waals surface area (Å²) in [6, 6.07) is 17.0. The Morgan fingerprint density at radius 3 is 2.22 bits per heavy atom. The minimum absolute atomic E-state index is 0.231. The monoisotopic (exact) mass is 306 g/mol. The van der Waals surface area contributed by atoms with E-state index < -0.39 is 0 Å². The third-order valence-corrected chi connectivity index (χ3v) is 4.54. The average molecular weight is 306 g/mol. The van der Waals surface area contributed by atoms with Crippen LogP contribution in [0.15, 0.2) is 54.6 Å². The van der Waals surface area contributed by atoms with Gasteiger partial charge in [0.25, 0.3) is 0 Å². The molecule has 2 N–H and O–H groups in total. The van der Waals surface area contributed by atoms with E-state index in [0.29, 0.717) is 10.8 Å². The molecule has 4 rings (SSSR count). The summed E-state index contributed by atoms with van der Waals surface area (Å²) in [4.78, 5) is 0. The highest BCUT2D eigenvalue weighted by molar-refractivity contribution is 5.95. The molecule has 0 radical (unpaired) electrons. The highest BCUT2D eigenvalue weighted by atomic mass is 16.5. The van der Waals surface area contributed by atoms with E-state index in [1.54, 1.807) is 0 Å². The summed E-state index contributed by atoms with van der Waals surface area (Å²) < 4.78 is 6.10. The zero-order chi connectivity index (χ0) is 15.8. The smallest absolute Gasteiger partial charge is 0.130 e. The van der Waals surface area contributed by atoms with Gasteiger partial charge in [-0.3, -0.25) is 0 Å². The average Bonchev–Trinajstić information content (AvgIpc) is 2.60. The van der Waals surface area contributed by atoms with Crippen molar-refractivity contribution in [3.63, 3.8) is 0 Å². The summed E-state index contributed by atoms with van der Waals surface area (Å²) >= 11 is 0. The van der Waals surface area contributed by atoms with Crippen molar-refractivity contribution in [2.24, 2.45) is 0 Å². The lowest BCUT2D eigenvalue weighted by atomic mass is 9.85. The first-order valence-corrected chi connectivity index (χ1v) is 7.93. The molecule has 0 heterocycles. The molecule has 0 saturated carbocycles. The maximum atomic E-state index is 10.8. The van der Waals surface area contributed by atoms with Gasteiger partial charge in [-0.05, 0) is 31.4 Å². The number of hydrogen-bond donors (Lipinski definition) is 2. The van der Waals surface area contributed by atoms with Gasteiger partial charge in [-0.2, -0.15) is 0 Å². The molecule has 0 aromatic heterocycles. The first-order chi connectivity index (χ1) is 11.3. The number of para-hydroxylation sites is 1. The largest absolute Gasteiger partial charge is 0.507 e. The van der Waals surface area contributed by atoms with E-state index in [1.165, 1.54) is 0 Å². The molecule has 3 nitrogen and oxygen atoms in total. The molecule has 1 atom stereocenters. The van der Waals surface area contributed by atoms with Crippen LogP contribution in [0.2, 0.25) is 0 Å². The Morgan fingerprint density at radius 2 is 1.48 bits per heavy atom. The maximum absolute atomic E-state index is 10.8. The Balaban J connectivity index is 1.87. The van der Waals surface area contributed by atoms with Crippen molar-refractivity contribution in [2.45, 2.75) is 25.4 Å². The zero-order valence-electron chi connectivity index (χ0n) is 12.7. The van der Waals surface area contributed by atoms with E-state index in [4.69, 9.17) is 4.74 Å². The molecule has 1 aliphatic carbocycles. The van der Waals surface area contributed by atoms with Gasteiger partial charge in [-0.1, -0.05) is 42.5 Å². The van der Waals surface area contributed by atoms with Gasteiger partial charge in [0.1, 0.15) is 23.4 Å². The number of hydrogen-bond acceptors (Lipinski definition) is 3. The van der Waals surface area contributed by atoms with E-state index in [-0.39, 0.29) is 17.6 Å². The lowest BCUT2D eigenvalue weighted by Crippen LogP contribution is -2.16. The minimum Gasteiger partial charge on any atom is -0.507 e. The van der Waals surface area contributed by atoms with Gasteiger partial charge >= 0.3 is 0 Å². The molecule has 23 heavy (non-hydrogen) atoms. The van der Waals surface area contributed by atoms with Crippen LogP contribution in [0.25, 0.3) is 10.8 Å². The van der Waals surface area contributed by atoms with E-state index in [9.17, 15) is 10.2 Å². The van der Waals surface area contributed by atoms with Gasteiger partial charge in [0, 0.05) is 21.9 Å².